The second-order valence-electron chi connectivity index (χ2n) is 13.2. The van der Waals surface area contributed by atoms with E-state index in [-0.39, 0.29) is 21.8 Å². The predicted molar refractivity (Wildman–Crippen MR) is 132 cm³/mol. The third-order valence-corrected chi connectivity index (χ3v) is 8.24. The van der Waals surface area contributed by atoms with Gasteiger partial charge in [0.05, 0.1) is 0 Å². The Morgan fingerprint density at radius 2 is 1.31 bits per heavy atom. The summed E-state index contributed by atoms with van der Waals surface area (Å²) in [7, 11) is 0. The van der Waals surface area contributed by atoms with E-state index in [0.717, 1.165) is 23.6 Å². The molecule has 2 aromatic rings. The molecular formula is C29H42N3+. The summed E-state index contributed by atoms with van der Waals surface area (Å²) in [6.45, 7) is 21.6. The normalized spacial score (nSPS) is 25.1. The smallest absolute Gasteiger partial charge is 0.0622 e. The first-order valence-electron chi connectivity index (χ1n) is 12.2. The van der Waals surface area contributed by atoms with Crippen LogP contribution in [0.5, 0.6) is 0 Å². The first-order valence-corrected chi connectivity index (χ1v) is 12.2. The van der Waals surface area contributed by atoms with Crippen molar-refractivity contribution in [3.05, 3.63) is 70.9 Å². The first kappa shape index (κ1) is 23.2. The first-order chi connectivity index (χ1) is 14.7. The lowest BCUT2D eigenvalue weighted by atomic mass is 9.63. The highest BCUT2D eigenvalue weighted by Crippen LogP contribution is 2.66. The van der Waals surface area contributed by atoms with E-state index in [1.165, 1.54) is 5.56 Å². The van der Waals surface area contributed by atoms with Gasteiger partial charge in [0.25, 0.3) is 0 Å². The molecule has 0 amide bonds. The molecule has 172 valence electrons. The van der Waals surface area contributed by atoms with Crippen LogP contribution in [0.3, 0.4) is 0 Å². The molecule has 1 spiro atoms. The number of rotatable bonds is 5. The van der Waals surface area contributed by atoms with Crippen molar-refractivity contribution in [2.75, 3.05) is 0 Å². The molecule has 2 aliphatic heterocycles. The van der Waals surface area contributed by atoms with Gasteiger partial charge in [-0.25, -0.2) is 0 Å². The summed E-state index contributed by atoms with van der Waals surface area (Å²) in [6, 6.07) is 19.9. The van der Waals surface area contributed by atoms with Crippen LogP contribution in [-0.4, -0.2) is 16.3 Å². The van der Waals surface area contributed by atoms with E-state index >= 15 is 0 Å². The summed E-state index contributed by atoms with van der Waals surface area (Å²) in [5.41, 5.74) is 1.85. The summed E-state index contributed by atoms with van der Waals surface area (Å²) < 4.78 is 0.516. The van der Waals surface area contributed by atoms with Gasteiger partial charge in [0, 0.05) is 18.8 Å². The molecule has 2 aliphatic rings. The summed E-state index contributed by atoms with van der Waals surface area (Å²) in [5, 5.41) is 12.7. The highest BCUT2D eigenvalue weighted by molar-refractivity contribution is 5.23. The van der Waals surface area contributed by atoms with Crippen LogP contribution in [0.2, 0.25) is 0 Å². The van der Waals surface area contributed by atoms with Crippen molar-refractivity contribution in [2.45, 2.75) is 92.7 Å². The second kappa shape index (κ2) is 7.25. The zero-order valence-corrected chi connectivity index (χ0v) is 21.6. The molecule has 32 heavy (non-hydrogen) atoms. The third-order valence-electron chi connectivity index (χ3n) is 8.24. The third kappa shape index (κ3) is 3.63. The molecule has 0 bridgehead atoms. The number of hydrogen-bond acceptors (Lipinski definition) is 2. The number of fused-ring (bicyclic) bond motifs is 1. The number of nitrogens with zero attached hydrogens (tertiary/aromatic N) is 3. The van der Waals surface area contributed by atoms with E-state index < -0.39 is 0 Å². The Hall–Kier alpha value is -2.00. The molecule has 3 atom stereocenters. The summed E-state index contributed by atoms with van der Waals surface area (Å²) in [5.74, 6) is 0.469. The Balaban J connectivity index is 1.77. The van der Waals surface area contributed by atoms with Crippen LogP contribution in [0.1, 0.15) is 86.6 Å². The van der Waals surface area contributed by atoms with Gasteiger partial charge >= 0.3 is 0 Å². The second-order valence-corrected chi connectivity index (χ2v) is 13.2. The van der Waals surface area contributed by atoms with Gasteiger partial charge in [-0.3, -0.25) is 0 Å². The minimum atomic E-state index is -0.0441. The average Bonchev–Trinajstić information content (AvgIpc) is 3.01. The van der Waals surface area contributed by atoms with Crippen molar-refractivity contribution >= 4 is 0 Å². The summed E-state index contributed by atoms with van der Waals surface area (Å²) in [6.07, 6.45) is 2.22. The van der Waals surface area contributed by atoms with E-state index in [1.54, 1.807) is 0 Å². The zero-order chi connectivity index (χ0) is 23.6. The lowest BCUT2D eigenvalue weighted by Gasteiger charge is -2.39. The van der Waals surface area contributed by atoms with E-state index in [2.05, 4.69) is 117 Å². The van der Waals surface area contributed by atoms with Gasteiger partial charge in [-0.2, -0.15) is 0 Å². The Morgan fingerprint density at radius 3 is 1.78 bits per heavy atom. The molecule has 3 nitrogen and oxygen atoms in total. The molecule has 2 aromatic carbocycles. The van der Waals surface area contributed by atoms with Crippen molar-refractivity contribution in [3.8, 4) is 0 Å². The van der Waals surface area contributed by atoms with Gasteiger partial charge < -0.3 is 0 Å². The molecule has 1 fully saturated rings. The van der Waals surface area contributed by atoms with Crippen molar-refractivity contribution in [1.82, 2.24) is 0 Å². The molecule has 0 aromatic heterocycles. The molecule has 2 heterocycles. The van der Waals surface area contributed by atoms with Gasteiger partial charge in [0.15, 0.2) is 10.7 Å². The van der Waals surface area contributed by atoms with Crippen molar-refractivity contribution in [2.24, 2.45) is 26.4 Å². The average molecular weight is 433 g/mol. The lowest BCUT2D eigenvalue weighted by Crippen LogP contribution is -2.41. The summed E-state index contributed by atoms with van der Waals surface area (Å²) >= 11 is 0. The van der Waals surface area contributed by atoms with Gasteiger partial charge in [0.1, 0.15) is 0 Å². The molecule has 0 saturated carbocycles. The van der Waals surface area contributed by atoms with Crippen molar-refractivity contribution < 1.29 is 4.70 Å². The SMILES string of the molecule is CC(C)(C)CC1C(C)(C(C)(C)CC(c2ccccc2)C(C)(C)C)[N+]12N=c1ccccc1=N2. The van der Waals surface area contributed by atoms with Crippen LogP contribution in [0, 0.1) is 16.2 Å². The Morgan fingerprint density at radius 1 is 0.812 bits per heavy atom. The molecular weight excluding hydrogens is 390 g/mol. The topological polar surface area (TPSA) is 24.7 Å². The summed E-state index contributed by atoms with van der Waals surface area (Å²) in [4.78, 5) is 0. The fourth-order valence-corrected chi connectivity index (χ4v) is 6.05. The largest absolute Gasteiger partial charge is 0.208 e. The molecule has 0 radical (unpaired) electrons. The van der Waals surface area contributed by atoms with Gasteiger partial charge in [0.2, 0.25) is 11.6 Å². The van der Waals surface area contributed by atoms with Crippen LogP contribution < -0.4 is 10.7 Å². The van der Waals surface area contributed by atoms with Gasteiger partial charge in [-0.05, 0) is 40.9 Å². The lowest BCUT2D eigenvalue weighted by molar-refractivity contribution is -0.862. The zero-order valence-electron chi connectivity index (χ0n) is 21.6. The van der Waals surface area contributed by atoms with E-state index in [9.17, 15) is 0 Å². The molecule has 0 N–H and O–H groups in total. The van der Waals surface area contributed by atoms with Crippen LogP contribution in [0.25, 0.3) is 0 Å². The van der Waals surface area contributed by atoms with Crippen LogP contribution >= 0.6 is 0 Å². The van der Waals surface area contributed by atoms with Crippen LogP contribution in [0.4, 0.5) is 0 Å². The quantitative estimate of drug-likeness (QED) is 0.385. The highest BCUT2D eigenvalue weighted by atomic mass is 15.9. The van der Waals surface area contributed by atoms with Gasteiger partial charge in [-0.1, -0.05) is 113 Å². The maximum atomic E-state index is 5.29. The minimum Gasteiger partial charge on any atom is -0.0622 e. The van der Waals surface area contributed by atoms with Crippen molar-refractivity contribution in [3.63, 3.8) is 0 Å². The van der Waals surface area contributed by atoms with Crippen molar-refractivity contribution in [1.29, 1.82) is 0 Å². The molecule has 3 heteroatoms. The highest BCUT2D eigenvalue weighted by Gasteiger charge is 2.86. The number of quaternary nitrogens is 1. The Bertz CT molecular complexity index is 1070. The predicted octanol–water partition coefficient (Wildman–Crippen LogP) is 6.41. The van der Waals surface area contributed by atoms with Gasteiger partial charge in [-0.15, -0.1) is 0 Å². The fraction of sp³-hybridized carbons (Fsp3) is 0.586. The number of benzene rings is 2. The molecule has 1 saturated heterocycles. The van der Waals surface area contributed by atoms with E-state index in [4.69, 9.17) is 10.2 Å². The van der Waals surface area contributed by atoms with Crippen LogP contribution in [-0.2, 0) is 0 Å². The standard InChI is InChI=1S/C29H42N3/c1-26(2,3)20-25-29(9,32(25)30-23-17-13-14-18-24(23)31-32)28(7,8)19-22(27(4,5)6)21-15-11-10-12-16-21/h10-18,22,25H,19-20H2,1-9H3/q+1. The fourth-order valence-electron chi connectivity index (χ4n) is 6.05. The number of hydrogen-bond donors (Lipinski definition) is 0. The minimum absolute atomic E-state index is 0.0441. The molecule has 3 unspecified atom stereocenters. The Labute approximate surface area is 194 Å². The monoisotopic (exact) mass is 432 g/mol. The van der Waals surface area contributed by atoms with Crippen LogP contribution in [0.15, 0.2) is 64.8 Å². The van der Waals surface area contributed by atoms with E-state index in [0.29, 0.717) is 16.7 Å². The molecule has 4 rings (SSSR count). The maximum absolute atomic E-state index is 5.29. The Kier molecular flexibility index (Phi) is 5.25. The maximum Gasteiger partial charge on any atom is 0.208 e. The van der Waals surface area contributed by atoms with E-state index in [1.807, 2.05) is 0 Å². The molecule has 0 aliphatic carbocycles.